The normalized spacial score (nSPS) is 11.6. The van der Waals surface area contributed by atoms with Gasteiger partial charge in [0.05, 0.1) is 0 Å². The van der Waals surface area contributed by atoms with E-state index < -0.39 is 3.79 Å². The Morgan fingerprint density at radius 2 is 1.84 bits per heavy atom. The number of ether oxygens (including phenoxy) is 2. The summed E-state index contributed by atoms with van der Waals surface area (Å²) in [6, 6.07) is 6.99. The summed E-state index contributed by atoms with van der Waals surface area (Å²) in [6.45, 7) is 0.178. The van der Waals surface area contributed by atoms with Gasteiger partial charge in [0.2, 0.25) is 5.89 Å². The molecule has 8 heteroatoms. The Bertz CT molecular complexity index is 537. The molecule has 0 N–H and O–H groups in total. The van der Waals surface area contributed by atoms with E-state index >= 15 is 0 Å². The van der Waals surface area contributed by atoms with Gasteiger partial charge in [-0.1, -0.05) is 34.8 Å². The molecule has 5 nitrogen and oxygen atoms in total. The molecular weight excluding hydrogens is 314 g/mol. The highest BCUT2D eigenvalue weighted by Gasteiger charge is 2.30. The van der Waals surface area contributed by atoms with Crippen LogP contribution >= 0.6 is 34.8 Å². The van der Waals surface area contributed by atoms with Crippen LogP contribution in [0.2, 0.25) is 0 Å². The number of halogens is 3. The molecule has 1 aromatic carbocycles. The van der Waals surface area contributed by atoms with Gasteiger partial charge in [0.1, 0.15) is 5.75 Å². The summed E-state index contributed by atoms with van der Waals surface area (Å²) in [5.41, 5.74) is 0.692. The Hall–Kier alpha value is -1.01. The zero-order valence-electron chi connectivity index (χ0n) is 9.77. The van der Waals surface area contributed by atoms with Crippen molar-refractivity contribution in [2.75, 3.05) is 13.9 Å². The number of methoxy groups -OCH3 is 1. The third kappa shape index (κ3) is 3.73. The summed E-state index contributed by atoms with van der Waals surface area (Å²) in [5, 5.41) is 7.48. The van der Waals surface area contributed by atoms with Crippen molar-refractivity contribution in [3.63, 3.8) is 0 Å². The van der Waals surface area contributed by atoms with E-state index in [-0.39, 0.29) is 18.6 Å². The minimum atomic E-state index is -1.73. The molecule has 0 unspecified atom stereocenters. The molecule has 0 aliphatic rings. The molecule has 0 spiro atoms. The van der Waals surface area contributed by atoms with E-state index in [1.54, 1.807) is 31.4 Å². The Morgan fingerprint density at radius 3 is 2.37 bits per heavy atom. The third-order valence-electron chi connectivity index (χ3n) is 2.11. The SMILES string of the molecule is COCOc1ccc(-c2nnc(C(Cl)(Cl)Cl)o2)cc1. The largest absolute Gasteiger partial charge is 0.468 e. The molecule has 1 aromatic heterocycles. The molecule has 102 valence electrons. The summed E-state index contributed by atoms with van der Waals surface area (Å²) in [4.78, 5) is 0. The lowest BCUT2D eigenvalue weighted by Crippen LogP contribution is -1.99. The fourth-order valence-corrected chi connectivity index (χ4v) is 1.50. The van der Waals surface area contributed by atoms with Crippen molar-refractivity contribution in [1.29, 1.82) is 0 Å². The lowest BCUT2D eigenvalue weighted by molar-refractivity contribution is 0.0511. The van der Waals surface area contributed by atoms with Gasteiger partial charge in [0.25, 0.3) is 9.68 Å². The predicted octanol–water partition coefficient (Wildman–Crippen LogP) is 3.55. The maximum absolute atomic E-state index is 5.64. The summed E-state index contributed by atoms with van der Waals surface area (Å²) in [5.74, 6) is 0.846. The fourth-order valence-electron chi connectivity index (χ4n) is 1.28. The zero-order chi connectivity index (χ0) is 13.9. The molecule has 0 saturated heterocycles. The van der Waals surface area contributed by atoms with Crippen molar-refractivity contribution in [2.24, 2.45) is 0 Å². The molecule has 0 aliphatic heterocycles. The second-order valence-electron chi connectivity index (χ2n) is 3.49. The number of benzene rings is 1. The molecule has 2 rings (SSSR count). The lowest BCUT2D eigenvalue weighted by Gasteiger charge is -2.04. The molecule has 1 heterocycles. The summed E-state index contributed by atoms with van der Waals surface area (Å²) < 4.78 is 13.6. The van der Waals surface area contributed by atoms with Crippen molar-refractivity contribution in [1.82, 2.24) is 10.2 Å². The summed E-state index contributed by atoms with van der Waals surface area (Å²) >= 11 is 16.9. The lowest BCUT2D eigenvalue weighted by atomic mass is 10.2. The van der Waals surface area contributed by atoms with E-state index in [4.69, 9.17) is 48.7 Å². The molecule has 0 bridgehead atoms. The topological polar surface area (TPSA) is 57.4 Å². The first-order valence-electron chi connectivity index (χ1n) is 5.13. The van der Waals surface area contributed by atoms with E-state index in [1.807, 2.05) is 0 Å². The summed E-state index contributed by atoms with van der Waals surface area (Å²) in [7, 11) is 1.55. The zero-order valence-corrected chi connectivity index (χ0v) is 12.0. The molecule has 0 saturated carbocycles. The molecule has 2 aromatic rings. The number of alkyl halides is 3. The van der Waals surface area contributed by atoms with Gasteiger partial charge in [0, 0.05) is 12.7 Å². The smallest absolute Gasteiger partial charge is 0.268 e. The van der Waals surface area contributed by atoms with Crippen LogP contribution in [0.3, 0.4) is 0 Å². The molecule has 19 heavy (non-hydrogen) atoms. The number of hydrogen-bond donors (Lipinski definition) is 0. The van der Waals surface area contributed by atoms with Gasteiger partial charge in [-0.2, -0.15) is 0 Å². The first kappa shape index (κ1) is 14.4. The van der Waals surface area contributed by atoms with Crippen molar-refractivity contribution in [3.8, 4) is 17.2 Å². The molecule has 0 amide bonds. The van der Waals surface area contributed by atoms with Crippen molar-refractivity contribution < 1.29 is 13.9 Å². The van der Waals surface area contributed by atoms with Crippen LogP contribution in [0.25, 0.3) is 11.5 Å². The highest BCUT2D eigenvalue weighted by Crippen LogP contribution is 2.38. The molecule has 0 fully saturated rings. The first-order chi connectivity index (χ1) is 9.00. The molecule has 0 aliphatic carbocycles. The van der Waals surface area contributed by atoms with Gasteiger partial charge < -0.3 is 13.9 Å². The van der Waals surface area contributed by atoms with Gasteiger partial charge in [-0.15, -0.1) is 10.2 Å². The van der Waals surface area contributed by atoms with Crippen LogP contribution in [-0.4, -0.2) is 24.1 Å². The Kier molecular flexibility index (Phi) is 4.52. The first-order valence-corrected chi connectivity index (χ1v) is 6.27. The van der Waals surface area contributed by atoms with Gasteiger partial charge in [-0.3, -0.25) is 0 Å². The van der Waals surface area contributed by atoms with Crippen LogP contribution in [-0.2, 0) is 8.53 Å². The minimum Gasteiger partial charge on any atom is -0.468 e. The van der Waals surface area contributed by atoms with E-state index in [1.165, 1.54) is 0 Å². The van der Waals surface area contributed by atoms with Crippen LogP contribution in [0.4, 0.5) is 0 Å². The Morgan fingerprint density at radius 1 is 1.16 bits per heavy atom. The van der Waals surface area contributed by atoms with E-state index in [0.717, 1.165) is 0 Å². The maximum Gasteiger partial charge on any atom is 0.268 e. The van der Waals surface area contributed by atoms with Crippen molar-refractivity contribution in [3.05, 3.63) is 30.2 Å². The van der Waals surface area contributed by atoms with Gasteiger partial charge in [-0.05, 0) is 24.3 Å². The standard InChI is InChI=1S/C11H9Cl3N2O3/c1-17-6-18-8-4-2-7(3-5-8)9-15-16-10(19-9)11(12,13)14/h2-5H,6H2,1H3. The molecular formula is C11H9Cl3N2O3. The van der Waals surface area contributed by atoms with E-state index in [9.17, 15) is 0 Å². The highest BCUT2D eigenvalue weighted by molar-refractivity contribution is 6.66. The average molecular weight is 324 g/mol. The predicted molar refractivity (Wildman–Crippen MR) is 71.5 cm³/mol. The van der Waals surface area contributed by atoms with E-state index in [0.29, 0.717) is 11.3 Å². The Labute approximate surface area is 124 Å². The van der Waals surface area contributed by atoms with Crippen LogP contribution in [0, 0.1) is 0 Å². The second kappa shape index (κ2) is 5.96. The Balaban J connectivity index is 2.16. The van der Waals surface area contributed by atoms with Crippen molar-refractivity contribution in [2.45, 2.75) is 3.79 Å². The van der Waals surface area contributed by atoms with E-state index in [2.05, 4.69) is 10.2 Å². The third-order valence-corrected chi connectivity index (χ3v) is 2.60. The van der Waals surface area contributed by atoms with Gasteiger partial charge >= 0.3 is 0 Å². The molecule has 0 radical (unpaired) electrons. The number of aromatic nitrogens is 2. The number of hydrogen-bond acceptors (Lipinski definition) is 5. The average Bonchev–Trinajstić information content (AvgIpc) is 2.86. The van der Waals surface area contributed by atoms with Crippen LogP contribution in [0.15, 0.2) is 28.7 Å². The quantitative estimate of drug-likeness (QED) is 0.636. The maximum atomic E-state index is 5.64. The minimum absolute atomic E-state index is 0.0767. The molecule has 0 atom stereocenters. The fraction of sp³-hybridized carbons (Fsp3) is 0.273. The highest BCUT2D eigenvalue weighted by atomic mass is 35.6. The number of rotatable bonds is 4. The van der Waals surface area contributed by atoms with Crippen LogP contribution in [0.1, 0.15) is 5.89 Å². The van der Waals surface area contributed by atoms with Gasteiger partial charge in [0.15, 0.2) is 6.79 Å². The second-order valence-corrected chi connectivity index (χ2v) is 5.77. The summed E-state index contributed by atoms with van der Waals surface area (Å²) in [6.07, 6.45) is 0. The van der Waals surface area contributed by atoms with Crippen LogP contribution in [0.5, 0.6) is 5.75 Å². The number of nitrogens with zero attached hydrogens (tertiary/aromatic N) is 2. The van der Waals surface area contributed by atoms with Crippen molar-refractivity contribution >= 4 is 34.8 Å². The van der Waals surface area contributed by atoms with Gasteiger partial charge in [-0.25, -0.2) is 0 Å². The van der Waals surface area contributed by atoms with Crippen LogP contribution < -0.4 is 4.74 Å². The monoisotopic (exact) mass is 322 g/mol.